The van der Waals surface area contributed by atoms with E-state index in [1.165, 1.54) is 5.75 Å². The molecule has 20 heavy (non-hydrogen) atoms. The second-order valence-corrected chi connectivity index (χ2v) is 6.90. The fourth-order valence-electron chi connectivity index (χ4n) is 2.89. The van der Waals surface area contributed by atoms with Gasteiger partial charge in [0.1, 0.15) is 0 Å². The first kappa shape index (κ1) is 15.9. The summed E-state index contributed by atoms with van der Waals surface area (Å²) in [7, 11) is 2.19. The van der Waals surface area contributed by atoms with Gasteiger partial charge in [0.2, 0.25) is 0 Å². The summed E-state index contributed by atoms with van der Waals surface area (Å²) in [6.45, 7) is 5.58. The van der Waals surface area contributed by atoms with Crippen LogP contribution in [0.1, 0.15) is 38.4 Å². The third kappa shape index (κ3) is 3.77. The van der Waals surface area contributed by atoms with Crippen molar-refractivity contribution in [2.45, 2.75) is 51.2 Å². The van der Waals surface area contributed by atoms with E-state index in [1.54, 1.807) is 0 Å². The van der Waals surface area contributed by atoms with Crippen LogP contribution < -0.4 is 5.73 Å². The molecule has 0 saturated carbocycles. The van der Waals surface area contributed by atoms with Gasteiger partial charge in [-0.25, -0.2) is 0 Å². The Morgan fingerprint density at radius 1 is 1.45 bits per heavy atom. The Labute approximate surface area is 127 Å². The maximum atomic E-state index is 6.42. The maximum Gasteiger partial charge on any atom is 0.0640 e. The molecule has 2 N–H and O–H groups in total. The van der Waals surface area contributed by atoms with Gasteiger partial charge in [0.15, 0.2) is 0 Å². The third-order valence-corrected chi connectivity index (χ3v) is 5.41. The number of nitrogens with two attached hydrogens (primary N) is 1. The molecule has 0 bridgehead atoms. The number of hydrogen-bond donors (Lipinski definition) is 1. The lowest BCUT2D eigenvalue weighted by molar-refractivity contribution is 0.234. The molecule has 1 saturated heterocycles. The van der Waals surface area contributed by atoms with Crippen molar-refractivity contribution >= 4 is 11.8 Å². The smallest absolute Gasteiger partial charge is 0.0640 e. The minimum absolute atomic E-state index is 0.179. The highest BCUT2D eigenvalue weighted by Crippen LogP contribution is 2.19. The van der Waals surface area contributed by atoms with Gasteiger partial charge in [0.25, 0.3) is 0 Å². The first-order valence-electron chi connectivity index (χ1n) is 7.73. The monoisotopic (exact) mass is 296 g/mol. The minimum Gasteiger partial charge on any atom is -0.326 e. The lowest BCUT2D eigenvalue weighted by Crippen LogP contribution is -2.51. The molecule has 0 aliphatic carbocycles. The summed E-state index contributed by atoms with van der Waals surface area (Å²) in [6.07, 6.45) is 5.25. The molecule has 0 amide bonds. The molecule has 5 heteroatoms. The first-order chi connectivity index (χ1) is 9.65. The van der Waals surface area contributed by atoms with Gasteiger partial charge in [-0.1, -0.05) is 13.8 Å². The predicted molar refractivity (Wildman–Crippen MR) is 87.3 cm³/mol. The molecule has 114 valence electrons. The van der Waals surface area contributed by atoms with Crippen LogP contribution in [0.15, 0.2) is 12.3 Å². The molecule has 1 fully saturated rings. The molecule has 2 heterocycles. The van der Waals surface area contributed by atoms with Crippen LogP contribution in [0.25, 0.3) is 0 Å². The van der Waals surface area contributed by atoms with Gasteiger partial charge < -0.3 is 10.6 Å². The lowest BCUT2D eigenvalue weighted by atomic mass is 10.0. The predicted octanol–water partition coefficient (Wildman–Crippen LogP) is 2.16. The molecule has 0 radical (unpaired) electrons. The van der Waals surface area contributed by atoms with Crippen molar-refractivity contribution in [3.05, 3.63) is 18.0 Å². The van der Waals surface area contributed by atoms with Crippen LogP contribution in [0.2, 0.25) is 0 Å². The van der Waals surface area contributed by atoms with Gasteiger partial charge in [-0.3, -0.25) is 4.68 Å². The summed E-state index contributed by atoms with van der Waals surface area (Å²) in [5.74, 6) is 2.37. The van der Waals surface area contributed by atoms with Crippen LogP contribution >= 0.6 is 11.8 Å². The summed E-state index contributed by atoms with van der Waals surface area (Å²) in [4.78, 5) is 2.40. The Bertz CT molecular complexity index is 402. The fourth-order valence-corrected chi connectivity index (χ4v) is 4.21. The normalized spacial score (nSPS) is 22.4. The van der Waals surface area contributed by atoms with Crippen LogP contribution in [-0.2, 0) is 6.42 Å². The second-order valence-electron chi connectivity index (χ2n) is 5.75. The molecule has 4 nitrogen and oxygen atoms in total. The van der Waals surface area contributed by atoms with Gasteiger partial charge in [-0.05, 0) is 26.0 Å². The molecule has 1 aliphatic rings. The van der Waals surface area contributed by atoms with Crippen LogP contribution in [0.5, 0.6) is 0 Å². The Balaban J connectivity index is 1.95. The van der Waals surface area contributed by atoms with Crippen molar-refractivity contribution in [1.29, 1.82) is 0 Å². The van der Waals surface area contributed by atoms with Crippen molar-refractivity contribution < 1.29 is 0 Å². The number of thioether (sulfide) groups is 1. The molecule has 2 atom stereocenters. The highest BCUT2D eigenvalue weighted by atomic mass is 32.2. The molecule has 1 aromatic heterocycles. The van der Waals surface area contributed by atoms with Gasteiger partial charge in [-0.2, -0.15) is 16.9 Å². The van der Waals surface area contributed by atoms with Crippen molar-refractivity contribution in [1.82, 2.24) is 14.7 Å². The molecule has 2 unspecified atom stereocenters. The largest absolute Gasteiger partial charge is 0.326 e. The molecular weight excluding hydrogens is 268 g/mol. The van der Waals surface area contributed by atoms with E-state index in [0.717, 1.165) is 37.3 Å². The van der Waals surface area contributed by atoms with E-state index < -0.39 is 0 Å². The van der Waals surface area contributed by atoms with Crippen molar-refractivity contribution in [3.63, 3.8) is 0 Å². The molecular formula is C15H28N4S. The minimum atomic E-state index is 0.179. The van der Waals surface area contributed by atoms with Crippen LogP contribution in [0, 0.1) is 0 Å². The Kier molecular flexibility index (Phi) is 5.93. The Morgan fingerprint density at radius 2 is 2.20 bits per heavy atom. The van der Waals surface area contributed by atoms with E-state index >= 15 is 0 Å². The zero-order chi connectivity index (χ0) is 14.5. The van der Waals surface area contributed by atoms with Crippen molar-refractivity contribution in [3.8, 4) is 0 Å². The van der Waals surface area contributed by atoms with Crippen LogP contribution in [-0.4, -0.2) is 51.9 Å². The van der Waals surface area contributed by atoms with E-state index in [1.807, 2.05) is 11.8 Å². The molecule has 0 aromatic carbocycles. The van der Waals surface area contributed by atoms with Gasteiger partial charge in [0, 0.05) is 42.8 Å². The third-order valence-electron chi connectivity index (χ3n) is 4.36. The molecule has 0 spiro atoms. The zero-order valence-electron chi connectivity index (χ0n) is 13.0. The van der Waals surface area contributed by atoms with E-state index in [2.05, 4.69) is 42.7 Å². The van der Waals surface area contributed by atoms with E-state index in [-0.39, 0.29) is 6.04 Å². The average Bonchev–Trinajstić information content (AvgIpc) is 2.89. The van der Waals surface area contributed by atoms with E-state index in [9.17, 15) is 0 Å². The maximum absolute atomic E-state index is 6.42. The highest BCUT2D eigenvalue weighted by Gasteiger charge is 2.26. The number of rotatable bonds is 6. The SMILES string of the molecule is CCC(CC)n1ccc(CC(N)C2CSCCN2C)n1. The summed E-state index contributed by atoms with van der Waals surface area (Å²) < 4.78 is 2.11. The zero-order valence-corrected chi connectivity index (χ0v) is 13.8. The topological polar surface area (TPSA) is 47.1 Å². The second kappa shape index (κ2) is 7.48. The fraction of sp³-hybridized carbons (Fsp3) is 0.800. The number of aromatic nitrogens is 2. The Morgan fingerprint density at radius 3 is 2.85 bits per heavy atom. The van der Waals surface area contributed by atoms with Gasteiger partial charge in [-0.15, -0.1) is 0 Å². The summed E-state index contributed by atoms with van der Waals surface area (Å²) in [5, 5.41) is 4.72. The van der Waals surface area contributed by atoms with Crippen molar-refractivity contribution in [2.75, 3.05) is 25.1 Å². The quantitative estimate of drug-likeness (QED) is 0.874. The standard InChI is InChI=1S/C15H28N4S/c1-4-13(5-2)19-7-6-12(17-19)10-14(16)15-11-20-9-8-18(15)3/h6-7,13-15H,4-5,8-11,16H2,1-3H3. The highest BCUT2D eigenvalue weighted by molar-refractivity contribution is 7.99. The van der Waals surface area contributed by atoms with Gasteiger partial charge >= 0.3 is 0 Å². The summed E-state index contributed by atoms with van der Waals surface area (Å²) >= 11 is 2.02. The number of hydrogen-bond acceptors (Lipinski definition) is 4. The molecule has 1 aliphatic heterocycles. The summed E-state index contributed by atoms with van der Waals surface area (Å²) in [5.41, 5.74) is 7.55. The van der Waals surface area contributed by atoms with Crippen molar-refractivity contribution in [2.24, 2.45) is 5.73 Å². The molecule has 1 aromatic rings. The summed E-state index contributed by atoms with van der Waals surface area (Å²) in [6, 6.07) is 3.31. The first-order valence-corrected chi connectivity index (χ1v) is 8.88. The number of likely N-dealkylation sites (N-methyl/N-ethyl adjacent to an activating group) is 1. The van der Waals surface area contributed by atoms with E-state index in [4.69, 9.17) is 10.8 Å². The number of nitrogens with zero attached hydrogens (tertiary/aromatic N) is 3. The lowest BCUT2D eigenvalue weighted by Gasteiger charge is -2.35. The van der Waals surface area contributed by atoms with E-state index in [0.29, 0.717) is 12.1 Å². The van der Waals surface area contributed by atoms with Crippen LogP contribution in [0.3, 0.4) is 0 Å². The van der Waals surface area contributed by atoms with Crippen LogP contribution in [0.4, 0.5) is 0 Å². The average molecular weight is 296 g/mol. The van der Waals surface area contributed by atoms with Gasteiger partial charge in [0.05, 0.1) is 11.7 Å². The molecule has 2 rings (SSSR count). The Hall–Kier alpha value is -0.520.